The minimum atomic E-state index is 0.317. The van der Waals surface area contributed by atoms with Crippen LogP contribution in [0.1, 0.15) is 34.9 Å². The zero-order valence-electron chi connectivity index (χ0n) is 11.4. The molecule has 5 heteroatoms. The Morgan fingerprint density at radius 1 is 1.50 bits per heavy atom. The van der Waals surface area contributed by atoms with E-state index < -0.39 is 0 Å². The highest BCUT2D eigenvalue weighted by Crippen LogP contribution is 2.24. The molecule has 1 unspecified atom stereocenters. The van der Waals surface area contributed by atoms with Crippen LogP contribution in [0, 0.1) is 6.92 Å². The van der Waals surface area contributed by atoms with Crippen LogP contribution >= 0.6 is 11.3 Å². The maximum Gasteiger partial charge on any atom is 0.0798 e. The summed E-state index contributed by atoms with van der Waals surface area (Å²) in [5.74, 6) is 0. The fourth-order valence-corrected chi connectivity index (χ4v) is 3.03. The summed E-state index contributed by atoms with van der Waals surface area (Å²) in [6.07, 6.45) is 1.93. The Hall–Kier alpha value is -1.20. The molecular weight excluding hydrogens is 244 g/mol. The summed E-state index contributed by atoms with van der Waals surface area (Å²) in [5.41, 5.74) is 5.45. The number of likely N-dealkylation sites (N-methyl/N-ethyl adjacent to an activating group) is 1. The van der Waals surface area contributed by atoms with Crippen LogP contribution in [-0.2, 0) is 19.9 Å². The zero-order valence-corrected chi connectivity index (χ0v) is 12.2. The molecule has 0 saturated carbocycles. The van der Waals surface area contributed by atoms with Gasteiger partial charge in [0.1, 0.15) is 0 Å². The second-order valence-electron chi connectivity index (χ2n) is 4.45. The minimum absolute atomic E-state index is 0.317. The van der Waals surface area contributed by atoms with Crippen LogP contribution in [-0.4, -0.2) is 21.8 Å². The number of aryl methyl sites for hydroxylation is 3. The number of nitrogens with zero attached hydrogens (tertiary/aromatic N) is 3. The van der Waals surface area contributed by atoms with Gasteiger partial charge in [-0.2, -0.15) is 5.10 Å². The van der Waals surface area contributed by atoms with Crippen molar-refractivity contribution in [2.75, 3.05) is 7.05 Å². The molecule has 98 valence electrons. The number of aromatic nitrogens is 3. The van der Waals surface area contributed by atoms with Gasteiger partial charge in [0.2, 0.25) is 0 Å². The number of thiazole rings is 1. The molecule has 0 amide bonds. The van der Waals surface area contributed by atoms with Crippen LogP contribution < -0.4 is 5.32 Å². The van der Waals surface area contributed by atoms with E-state index in [2.05, 4.69) is 35.3 Å². The molecule has 2 aromatic heterocycles. The third-order valence-corrected chi connectivity index (χ3v) is 4.30. The molecule has 2 rings (SSSR count). The van der Waals surface area contributed by atoms with Gasteiger partial charge in [0.05, 0.1) is 16.9 Å². The predicted octanol–water partition coefficient (Wildman–Crippen LogP) is 2.25. The lowest BCUT2D eigenvalue weighted by Crippen LogP contribution is -2.20. The number of hydrogen-bond donors (Lipinski definition) is 1. The first kappa shape index (κ1) is 13.2. The lowest BCUT2D eigenvalue weighted by molar-refractivity contribution is 0.565. The molecular formula is C13H20N4S. The molecule has 2 heterocycles. The van der Waals surface area contributed by atoms with Crippen molar-refractivity contribution < 1.29 is 0 Å². The van der Waals surface area contributed by atoms with Crippen molar-refractivity contribution in [3.8, 4) is 0 Å². The van der Waals surface area contributed by atoms with Crippen molar-refractivity contribution in [2.45, 2.75) is 32.7 Å². The van der Waals surface area contributed by atoms with Gasteiger partial charge in [0, 0.05) is 30.1 Å². The average Bonchev–Trinajstić information content (AvgIpc) is 2.93. The van der Waals surface area contributed by atoms with Crippen molar-refractivity contribution in [2.24, 2.45) is 7.05 Å². The second kappa shape index (κ2) is 5.63. The van der Waals surface area contributed by atoms with E-state index in [4.69, 9.17) is 0 Å². The molecule has 0 bridgehead atoms. The van der Waals surface area contributed by atoms with E-state index in [0.717, 1.165) is 24.2 Å². The first-order valence-corrected chi connectivity index (χ1v) is 7.12. The van der Waals surface area contributed by atoms with E-state index in [9.17, 15) is 0 Å². The van der Waals surface area contributed by atoms with E-state index in [-0.39, 0.29) is 0 Å². The minimum Gasteiger partial charge on any atom is -0.312 e. The van der Waals surface area contributed by atoms with Gasteiger partial charge in [0.25, 0.3) is 0 Å². The highest BCUT2D eigenvalue weighted by molar-refractivity contribution is 7.09. The van der Waals surface area contributed by atoms with Crippen LogP contribution in [0.4, 0.5) is 0 Å². The van der Waals surface area contributed by atoms with Gasteiger partial charge in [0.15, 0.2) is 0 Å². The van der Waals surface area contributed by atoms with Gasteiger partial charge < -0.3 is 5.32 Å². The molecule has 0 aromatic carbocycles. The highest BCUT2D eigenvalue weighted by atomic mass is 32.1. The molecule has 0 aliphatic rings. The molecule has 0 aliphatic carbocycles. The van der Waals surface area contributed by atoms with Crippen LogP contribution in [0.5, 0.6) is 0 Å². The normalized spacial score (nSPS) is 12.9. The van der Waals surface area contributed by atoms with Crippen LogP contribution in [0.15, 0.2) is 11.6 Å². The largest absolute Gasteiger partial charge is 0.312 e. The Labute approximate surface area is 112 Å². The van der Waals surface area contributed by atoms with Gasteiger partial charge in [-0.3, -0.25) is 4.68 Å². The SMILES string of the molecule is CCc1cc(CC(NC)c2scnc2C)n(C)n1. The van der Waals surface area contributed by atoms with Crippen LogP contribution in [0.3, 0.4) is 0 Å². The summed E-state index contributed by atoms with van der Waals surface area (Å²) in [7, 11) is 4.02. The van der Waals surface area contributed by atoms with Crippen LogP contribution in [0.2, 0.25) is 0 Å². The van der Waals surface area contributed by atoms with Crippen molar-refractivity contribution >= 4 is 11.3 Å². The summed E-state index contributed by atoms with van der Waals surface area (Å²) in [6, 6.07) is 2.51. The van der Waals surface area contributed by atoms with E-state index in [1.807, 2.05) is 24.3 Å². The Kier molecular flexibility index (Phi) is 4.14. The molecule has 0 saturated heterocycles. The van der Waals surface area contributed by atoms with E-state index in [0.29, 0.717) is 6.04 Å². The van der Waals surface area contributed by atoms with Gasteiger partial charge in [-0.15, -0.1) is 11.3 Å². The molecule has 1 atom stereocenters. The standard InChI is InChI=1S/C13H20N4S/c1-5-10-6-11(17(4)16-10)7-12(14-3)13-9(2)15-8-18-13/h6,8,12,14H,5,7H2,1-4H3. The van der Waals surface area contributed by atoms with Gasteiger partial charge in [-0.1, -0.05) is 6.92 Å². The Morgan fingerprint density at radius 2 is 2.28 bits per heavy atom. The second-order valence-corrected chi connectivity index (χ2v) is 5.34. The summed E-state index contributed by atoms with van der Waals surface area (Å²) < 4.78 is 1.99. The molecule has 4 nitrogen and oxygen atoms in total. The topological polar surface area (TPSA) is 42.7 Å². The van der Waals surface area contributed by atoms with E-state index in [1.54, 1.807) is 11.3 Å². The highest BCUT2D eigenvalue weighted by Gasteiger charge is 2.17. The fourth-order valence-electron chi connectivity index (χ4n) is 2.12. The van der Waals surface area contributed by atoms with E-state index in [1.165, 1.54) is 10.6 Å². The molecule has 2 aromatic rings. The average molecular weight is 264 g/mol. The van der Waals surface area contributed by atoms with Gasteiger partial charge in [-0.05, 0) is 26.5 Å². The summed E-state index contributed by atoms with van der Waals surface area (Å²) in [4.78, 5) is 5.64. The lowest BCUT2D eigenvalue weighted by atomic mass is 10.1. The molecule has 18 heavy (non-hydrogen) atoms. The summed E-state index contributed by atoms with van der Waals surface area (Å²) >= 11 is 1.72. The number of hydrogen-bond acceptors (Lipinski definition) is 4. The predicted molar refractivity (Wildman–Crippen MR) is 74.9 cm³/mol. The molecule has 1 N–H and O–H groups in total. The Balaban J connectivity index is 2.20. The first-order chi connectivity index (χ1) is 8.65. The maximum atomic E-state index is 4.50. The smallest absolute Gasteiger partial charge is 0.0798 e. The summed E-state index contributed by atoms with van der Waals surface area (Å²) in [6.45, 7) is 4.20. The lowest BCUT2D eigenvalue weighted by Gasteiger charge is -2.15. The molecule has 0 spiro atoms. The fraction of sp³-hybridized carbons (Fsp3) is 0.538. The number of nitrogens with one attached hydrogen (secondary N) is 1. The number of rotatable bonds is 5. The van der Waals surface area contributed by atoms with E-state index >= 15 is 0 Å². The first-order valence-electron chi connectivity index (χ1n) is 6.24. The third kappa shape index (κ3) is 2.62. The van der Waals surface area contributed by atoms with Crippen molar-refractivity contribution in [1.82, 2.24) is 20.1 Å². The Morgan fingerprint density at radius 3 is 2.78 bits per heavy atom. The Bertz CT molecular complexity index is 515. The molecule has 0 fully saturated rings. The molecule has 0 aliphatic heterocycles. The van der Waals surface area contributed by atoms with Crippen molar-refractivity contribution in [1.29, 1.82) is 0 Å². The van der Waals surface area contributed by atoms with Gasteiger partial charge >= 0.3 is 0 Å². The van der Waals surface area contributed by atoms with Gasteiger partial charge in [-0.25, -0.2) is 4.98 Å². The van der Waals surface area contributed by atoms with Crippen molar-refractivity contribution in [3.05, 3.63) is 33.5 Å². The monoisotopic (exact) mass is 264 g/mol. The molecule has 0 radical (unpaired) electrons. The summed E-state index contributed by atoms with van der Waals surface area (Å²) in [5, 5.41) is 7.87. The maximum absolute atomic E-state index is 4.50. The third-order valence-electron chi connectivity index (χ3n) is 3.25. The van der Waals surface area contributed by atoms with Crippen molar-refractivity contribution in [3.63, 3.8) is 0 Å². The van der Waals surface area contributed by atoms with Crippen LogP contribution in [0.25, 0.3) is 0 Å². The zero-order chi connectivity index (χ0) is 13.1. The quantitative estimate of drug-likeness (QED) is 0.900.